The van der Waals surface area contributed by atoms with Crippen molar-refractivity contribution in [3.8, 4) is 0 Å². The average Bonchev–Trinajstić information content (AvgIpc) is 2.53. The van der Waals surface area contributed by atoms with Gasteiger partial charge in [-0.05, 0) is 50.5 Å². The molecule has 0 unspecified atom stereocenters. The number of nitrogens with zero attached hydrogens (tertiary/aromatic N) is 3. The first-order valence-corrected chi connectivity index (χ1v) is 7.74. The Morgan fingerprint density at radius 2 is 2.00 bits per heavy atom. The standard InChI is InChI=1S/C16H23N5/c1-2-21-9-7-12(8-10-21)11-18-15-13-5-3-4-6-14(13)19-16(17)20-15/h3-6,12H,2,7-11H2,1H3,(H3,17,18,19,20). The van der Waals surface area contributed by atoms with Gasteiger partial charge in [-0.1, -0.05) is 19.1 Å². The maximum Gasteiger partial charge on any atom is 0.222 e. The van der Waals surface area contributed by atoms with Crippen molar-refractivity contribution in [2.75, 3.05) is 37.2 Å². The van der Waals surface area contributed by atoms with E-state index in [0.717, 1.165) is 29.8 Å². The molecule has 5 heteroatoms. The molecule has 1 aliphatic rings. The molecule has 1 aliphatic heterocycles. The second-order valence-corrected chi connectivity index (χ2v) is 5.71. The van der Waals surface area contributed by atoms with Gasteiger partial charge in [0.05, 0.1) is 5.52 Å². The maximum atomic E-state index is 5.80. The van der Waals surface area contributed by atoms with E-state index in [9.17, 15) is 0 Å². The molecule has 0 spiro atoms. The smallest absolute Gasteiger partial charge is 0.222 e. The van der Waals surface area contributed by atoms with Crippen molar-refractivity contribution in [1.29, 1.82) is 0 Å². The van der Waals surface area contributed by atoms with E-state index in [1.165, 1.54) is 25.9 Å². The molecule has 1 saturated heterocycles. The second-order valence-electron chi connectivity index (χ2n) is 5.71. The number of benzene rings is 1. The lowest BCUT2D eigenvalue weighted by Gasteiger charge is -2.31. The molecule has 112 valence electrons. The molecule has 3 N–H and O–H groups in total. The number of para-hydroxylation sites is 1. The number of hydrogen-bond donors (Lipinski definition) is 2. The summed E-state index contributed by atoms with van der Waals surface area (Å²) in [4.78, 5) is 11.1. The van der Waals surface area contributed by atoms with Crippen LogP contribution in [0.2, 0.25) is 0 Å². The highest BCUT2D eigenvalue weighted by molar-refractivity contribution is 5.89. The monoisotopic (exact) mass is 285 g/mol. The quantitative estimate of drug-likeness (QED) is 0.902. The van der Waals surface area contributed by atoms with Crippen LogP contribution in [0.3, 0.4) is 0 Å². The van der Waals surface area contributed by atoms with Gasteiger partial charge in [0.1, 0.15) is 5.82 Å². The Morgan fingerprint density at radius 1 is 1.24 bits per heavy atom. The number of piperidine rings is 1. The van der Waals surface area contributed by atoms with E-state index in [1.807, 2.05) is 24.3 Å². The van der Waals surface area contributed by atoms with Gasteiger partial charge in [-0.15, -0.1) is 0 Å². The molecule has 0 radical (unpaired) electrons. The Hall–Kier alpha value is -1.88. The average molecular weight is 285 g/mol. The number of nitrogens with two attached hydrogens (primary N) is 1. The number of nitrogen functional groups attached to an aromatic ring is 1. The lowest BCUT2D eigenvalue weighted by atomic mass is 9.97. The predicted molar refractivity (Wildman–Crippen MR) is 87.3 cm³/mol. The minimum Gasteiger partial charge on any atom is -0.369 e. The summed E-state index contributed by atoms with van der Waals surface area (Å²) in [5, 5.41) is 4.52. The summed E-state index contributed by atoms with van der Waals surface area (Å²) in [6.07, 6.45) is 2.50. The Labute approximate surface area is 125 Å². The summed E-state index contributed by atoms with van der Waals surface area (Å²) >= 11 is 0. The largest absolute Gasteiger partial charge is 0.369 e. The van der Waals surface area contributed by atoms with Gasteiger partial charge in [-0.3, -0.25) is 0 Å². The van der Waals surface area contributed by atoms with E-state index in [-0.39, 0.29) is 0 Å². The van der Waals surface area contributed by atoms with Crippen LogP contribution in [-0.4, -0.2) is 41.0 Å². The Morgan fingerprint density at radius 3 is 2.76 bits per heavy atom. The van der Waals surface area contributed by atoms with E-state index in [1.54, 1.807) is 0 Å². The third-order valence-electron chi connectivity index (χ3n) is 4.33. The summed E-state index contributed by atoms with van der Waals surface area (Å²) in [7, 11) is 0. The molecular weight excluding hydrogens is 262 g/mol. The summed E-state index contributed by atoms with van der Waals surface area (Å²) < 4.78 is 0. The molecule has 0 saturated carbocycles. The van der Waals surface area contributed by atoms with Gasteiger partial charge in [0, 0.05) is 11.9 Å². The number of nitrogens with one attached hydrogen (secondary N) is 1. The van der Waals surface area contributed by atoms with Gasteiger partial charge in [0.25, 0.3) is 0 Å². The van der Waals surface area contributed by atoms with Crippen LogP contribution < -0.4 is 11.1 Å². The zero-order chi connectivity index (χ0) is 14.7. The number of fused-ring (bicyclic) bond motifs is 1. The van der Waals surface area contributed by atoms with Gasteiger partial charge in [0.15, 0.2) is 0 Å². The Balaban J connectivity index is 1.68. The first kappa shape index (κ1) is 14.1. The van der Waals surface area contributed by atoms with Crippen LogP contribution in [0, 0.1) is 5.92 Å². The zero-order valence-electron chi connectivity index (χ0n) is 12.5. The second kappa shape index (κ2) is 6.26. The first-order chi connectivity index (χ1) is 10.3. The number of hydrogen-bond acceptors (Lipinski definition) is 5. The number of likely N-dealkylation sites (tertiary alicyclic amines) is 1. The number of anilines is 2. The van der Waals surface area contributed by atoms with E-state index < -0.39 is 0 Å². The predicted octanol–water partition coefficient (Wildman–Crippen LogP) is 2.36. The number of rotatable bonds is 4. The third kappa shape index (κ3) is 3.24. The molecule has 1 aromatic carbocycles. The normalized spacial score (nSPS) is 17.2. The SMILES string of the molecule is CCN1CCC(CNc2nc(N)nc3ccccc23)CC1. The van der Waals surface area contributed by atoms with E-state index in [2.05, 4.69) is 27.1 Å². The minimum atomic E-state index is 0.331. The summed E-state index contributed by atoms with van der Waals surface area (Å²) in [6.45, 7) is 6.75. The van der Waals surface area contributed by atoms with E-state index >= 15 is 0 Å². The molecule has 0 amide bonds. The van der Waals surface area contributed by atoms with Gasteiger partial charge < -0.3 is 16.0 Å². The molecule has 0 aliphatic carbocycles. The highest BCUT2D eigenvalue weighted by atomic mass is 15.1. The number of aromatic nitrogens is 2. The molecule has 2 heterocycles. The fourth-order valence-electron chi connectivity index (χ4n) is 2.98. The van der Waals surface area contributed by atoms with Crippen LogP contribution in [0.1, 0.15) is 19.8 Å². The lowest BCUT2D eigenvalue weighted by molar-refractivity contribution is 0.198. The van der Waals surface area contributed by atoms with Gasteiger partial charge in [0.2, 0.25) is 5.95 Å². The fraction of sp³-hybridized carbons (Fsp3) is 0.500. The van der Waals surface area contributed by atoms with E-state index in [4.69, 9.17) is 5.73 Å². The molecule has 2 aromatic rings. The maximum absolute atomic E-state index is 5.80. The molecule has 0 bridgehead atoms. The van der Waals surface area contributed by atoms with Crippen molar-refractivity contribution < 1.29 is 0 Å². The van der Waals surface area contributed by atoms with Crippen LogP contribution in [-0.2, 0) is 0 Å². The summed E-state index contributed by atoms with van der Waals surface area (Å²) in [6, 6.07) is 7.99. The van der Waals surface area contributed by atoms with Gasteiger partial charge >= 0.3 is 0 Å². The van der Waals surface area contributed by atoms with Crippen molar-refractivity contribution in [1.82, 2.24) is 14.9 Å². The third-order valence-corrected chi connectivity index (χ3v) is 4.33. The Kier molecular flexibility index (Phi) is 4.20. The molecule has 0 atom stereocenters. The van der Waals surface area contributed by atoms with Crippen LogP contribution >= 0.6 is 0 Å². The fourth-order valence-corrected chi connectivity index (χ4v) is 2.98. The lowest BCUT2D eigenvalue weighted by Crippen LogP contribution is -2.35. The molecule has 1 fully saturated rings. The first-order valence-electron chi connectivity index (χ1n) is 7.74. The van der Waals surface area contributed by atoms with Crippen molar-refractivity contribution >= 4 is 22.7 Å². The van der Waals surface area contributed by atoms with Gasteiger partial charge in [-0.25, -0.2) is 4.98 Å². The molecular formula is C16H23N5. The molecule has 5 nitrogen and oxygen atoms in total. The van der Waals surface area contributed by atoms with Crippen LogP contribution in [0.5, 0.6) is 0 Å². The van der Waals surface area contributed by atoms with Crippen molar-refractivity contribution in [2.45, 2.75) is 19.8 Å². The van der Waals surface area contributed by atoms with Crippen molar-refractivity contribution in [2.24, 2.45) is 5.92 Å². The minimum absolute atomic E-state index is 0.331. The van der Waals surface area contributed by atoms with Crippen molar-refractivity contribution in [3.05, 3.63) is 24.3 Å². The van der Waals surface area contributed by atoms with Gasteiger partial charge in [-0.2, -0.15) is 4.98 Å². The zero-order valence-corrected chi connectivity index (χ0v) is 12.5. The highest BCUT2D eigenvalue weighted by Crippen LogP contribution is 2.23. The van der Waals surface area contributed by atoms with Crippen LogP contribution in [0.15, 0.2) is 24.3 Å². The molecule has 1 aromatic heterocycles. The summed E-state index contributed by atoms with van der Waals surface area (Å²) in [5.41, 5.74) is 6.70. The van der Waals surface area contributed by atoms with Crippen molar-refractivity contribution in [3.63, 3.8) is 0 Å². The molecule has 21 heavy (non-hydrogen) atoms. The van der Waals surface area contributed by atoms with Crippen LogP contribution in [0.25, 0.3) is 10.9 Å². The summed E-state index contributed by atoms with van der Waals surface area (Å²) in [5.74, 6) is 1.90. The Bertz CT molecular complexity index is 605. The molecule has 3 rings (SSSR count). The van der Waals surface area contributed by atoms with Crippen LogP contribution in [0.4, 0.5) is 11.8 Å². The van der Waals surface area contributed by atoms with E-state index in [0.29, 0.717) is 11.9 Å². The highest BCUT2D eigenvalue weighted by Gasteiger charge is 2.18. The topological polar surface area (TPSA) is 67.1 Å².